The monoisotopic (exact) mass is 431 g/mol. The molecule has 0 bridgehead atoms. The number of thiophene rings is 1. The number of nitrogens with one attached hydrogen (secondary N) is 2. The van der Waals surface area contributed by atoms with Gasteiger partial charge in [0.2, 0.25) is 5.91 Å². The van der Waals surface area contributed by atoms with Crippen molar-refractivity contribution < 1.29 is 23.9 Å². The van der Waals surface area contributed by atoms with Gasteiger partial charge in [-0.1, -0.05) is 44.2 Å². The number of carbonyl (C=O) groups is 4. The smallest absolute Gasteiger partial charge is 0.329 e. The Balaban J connectivity index is 1.96. The highest BCUT2D eigenvalue weighted by Gasteiger charge is 2.29. The van der Waals surface area contributed by atoms with E-state index >= 15 is 0 Å². The zero-order valence-electron chi connectivity index (χ0n) is 17.0. The van der Waals surface area contributed by atoms with Crippen LogP contribution < -0.4 is 16.4 Å². The maximum atomic E-state index is 12.6. The average molecular weight is 432 g/mol. The molecule has 0 saturated heterocycles. The highest BCUT2D eigenvalue weighted by molar-refractivity contribution is 7.14. The summed E-state index contributed by atoms with van der Waals surface area (Å²) in [6, 6.07) is 9.74. The molecule has 1 aromatic heterocycles. The number of primary amides is 1. The molecule has 0 aliphatic heterocycles. The lowest BCUT2D eigenvalue weighted by molar-refractivity contribution is -0.157. The summed E-state index contributed by atoms with van der Waals surface area (Å²) in [6.45, 7) is 4.95. The molecular weight excluding hydrogens is 406 g/mol. The lowest BCUT2D eigenvalue weighted by atomic mass is 10.0. The second-order valence-corrected chi connectivity index (χ2v) is 7.96. The van der Waals surface area contributed by atoms with Crippen LogP contribution in [-0.4, -0.2) is 35.8 Å². The second kappa shape index (κ2) is 10.5. The molecule has 2 atom stereocenters. The molecule has 4 N–H and O–H groups in total. The predicted octanol–water partition coefficient (Wildman–Crippen LogP) is 2.10. The number of anilines is 1. The Labute approximate surface area is 178 Å². The van der Waals surface area contributed by atoms with E-state index in [2.05, 4.69) is 10.6 Å². The fraction of sp³-hybridized carbons (Fsp3) is 0.333. The summed E-state index contributed by atoms with van der Waals surface area (Å²) < 4.78 is 5.26. The zero-order chi connectivity index (χ0) is 22.3. The van der Waals surface area contributed by atoms with Crippen molar-refractivity contribution in [2.75, 3.05) is 5.32 Å². The number of benzene rings is 1. The second-order valence-electron chi connectivity index (χ2n) is 7.05. The van der Waals surface area contributed by atoms with Crippen LogP contribution in [-0.2, 0) is 25.5 Å². The highest BCUT2D eigenvalue weighted by Crippen LogP contribution is 2.23. The third-order valence-corrected chi connectivity index (χ3v) is 5.10. The molecule has 3 amide bonds. The molecule has 9 heteroatoms. The van der Waals surface area contributed by atoms with E-state index in [1.54, 1.807) is 19.2 Å². The van der Waals surface area contributed by atoms with Crippen LogP contribution in [0.4, 0.5) is 5.00 Å². The molecule has 0 fully saturated rings. The SMILES string of the molecule is CC(OC(=O)[C@@H](NC(=O)Cc1ccccc1)C(C)C)C(=O)Nc1sccc1C(N)=O. The molecule has 0 aliphatic rings. The Hall–Kier alpha value is -3.20. The van der Waals surface area contributed by atoms with E-state index in [9.17, 15) is 19.2 Å². The fourth-order valence-corrected chi connectivity index (χ4v) is 3.41. The maximum Gasteiger partial charge on any atom is 0.329 e. The van der Waals surface area contributed by atoms with E-state index in [0.29, 0.717) is 0 Å². The standard InChI is InChI=1S/C21H25N3O5S/c1-12(2)17(23-16(25)11-14-7-5-4-6-8-14)21(28)29-13(3)19(27)24-20-15(18(22)26)9-10-30-20/h4-10,12-13,17H,11H2,1-3H3,(H2,22,26)(H,23,25)(H,24,27)/t13?,17-/m0/s1. The number of esters is 1. The molecule has 0 aliphatic carbocycles. The summed E-state index contributed by atoms with van der Waals surface area (Å²) in [5, 5.41) is 7.11. The first kappa shape index (κ1) is 23.1. The van der Waals surface area contributed by atoms with Crippen molar-refractivity contribution in [3.05, 3.63) is 52.9 Å². The molecule has 0 spiro atoms. The number of ether oxygens (including phenoxy) is 1. The third kappa shape index (κ3) is 6.41. The van der Waals surface area contributed by atoms with E-state index in [0.717, 1.165) is 16.9 Å². The molecule has 1 unspecified atom stereocenters. The van der Waals surface area contributed by atoms with Crippen LogP contribution >= 0.6 is 11.3 Å². The Morgan fingerprint density at radius 1 is 1.07 bits per heavy atom. The van der Waals surface area contributed by atoms with Gasteiger partial charge in [-0.15, -0.1) is 11.3 Å². The Morgan fingerprint density at radius 3 is 2.33 bits per heavy atom. The lowest BCUT2D eigenvalue weighted by Gasteiger charge is -2.23. The maximum absolute atomic E-state index is 12.6. The molecule has 160 valence electrons. The molecule has 8 nitrogen and oxygen atoms in total. The largest absolute Gasteiger partial charge is 0.451 e. The molecule has 2 aromatic rings. The van der Waals surface area contributed by atoms with Gasteiger partial charge in [0.1, 0.15) is 11.0 Å². The molecule has 1 heterocycles. The molecule has 1 aromatic carbocycles. The predicted molar refractivity (Wildman–Crippen MR) is 114 cm³/mol. The van der Waals surface area contributed by atoms with Crippen molar-refractivity contribution in [2.24, 2.45) is 11.7 Å². The Morgan fingerprint density at radius 2 is 1.73 bits per heavy atom. The van der Waals surface area contributed by atoms with Gasteiger partial charge in [-0.2, -0.15) is 0 Å². The van der Waals surface area contributed by atoms with Crippen molar-refractivity contribution in [1.29, 1.82) is 0 Å². The van der Waals surface area contributed by atoms with E-state index in [4.69, 9.17) is 10.5 Å². The summed E-state index contributed by atoms with van der Waals surface area (Å²) >= 11 is 1.13. The van der Waals surface area contributed by atoms with E-state index in [1.165, 1.54) is 13.0 Å². The van der Waals surface area contributed by atoms with Crippen molar-refractivity contribution in [1.82, 2.24) is 5.32 Å². The molecular formula is C21H25N3O5S. The number of hydrogen-bond donors (Lipinski definition) is 3. The van der Waals surface area contributed by atoms with Gasteiger partial charge in [-0.25, -0.2) is 4.79 Å². The number of nitrogens with two attached hydrogens (primary N) is 1. The summed E-state index contributed by atoms with van der Waals surface area (Å²) in [5.74, 6) is -2.55. The summed E-state index contributed by atoms with van der Waals surface area (Å²) in [4.78, 5) is 48.6. The number of rotatable bonds is 9. The van der Waals surface area contributed by atoms with Crippen LogP contribution in [0.2, 0.25) is 0 Å². The van der Waals surface area contributed by atoms with Crippen molar-refractivity contribution >= 4 is 40.0 Å². The fourth-order valence-electron chi connectivity index (χ4n) is 2.62. The first-order valence-corrected chi connectivity index (χ1v) is 10.3. The summed E-state index contributed by atoms with van der Waals surface area (Å²) in [5.41, 5.74) is 6.26. The molecule has 30 heavy (non-hydrogen) atoms. The number of carbonyl (C=O) groups excluding carboxylic acids is 4. The number of amides is 3. The minimum atomic E-state index is -1.13. The van der Waals surface area contributed by atoms with Gasteiger partial charge < -0.3 is 21.1 Å². The van der Waals surface area contributed by atoms with Crippen LogP contribution in [0, 0.1) is 5.92 Å². The topological polar surface area (TPSA) is 128 Å². The van der Waals surface area contributed by atoms with Crippen LogP contribution in [0.1, 0.15) is 36.7 Å². The van der Waals surface area contributed by atoms with Crippen molar-refractivity contribution in [2.45, 2.75) is 39.3 Å². The zero-order valence-corrected chi connectivity index (χ0v) is 17.8. The average Bonchev–Trinajstić information content (AvgIpc) is 3.14. The quantitative estimate of drug-likeness (QED) is 0.524. The van der Waals surface area contributed by atoms with Gasteiger partial charge in [0.25, 0.3) is 11.8 Å². The van der Waals surface area contributed by atoms with Crippen molar-refractivity contribution in [3.63, 3.8) is 0 Å². The first-order valence-electron chi connectivity index (χ1n) is 9.41. The summed E-state index contributed by atoms with van der Waals surface area (Å²) in [7, 11) is 0. The molecule has 2 rings (SSSR count). The van der Waals surface area contributed by atoms with Crippen LogP contribution in [0.15, 0.2) is 41.8 Å². The lowest BCUT2D eigenvalue weighted by Crippen LogP contribution is -2.47. The van der Waals surface area contributed by atoms with Crippen LogP contribution in [0.3, 0.4) is 0 Å². The van der Waals surface area contributed by atoms with Gasteiger partial charge in [0.15, 0.2) is 6.10 Å². The molecule has 0 saturated carbocycles. The highest BCUT2D eigenvalue weighted by atomic mass is 32.1. The van der Waals surface area contributed by atoms with Gasteiger partial charge in [0.05, 0.1) is 12.0 Å². The van der Waals surface area contributed by atoms with Gasteiger partial charge in [-0.3, -0.25) is 14.4 Å². The Bertz CT molecular complexity index is 910. The van der Waals surface area contributed by atoms with E-state index < -0.39 is 29.9 Å². The minimum absolute atomic E-state index is 0.127. The minimum Gasteiger partial charge on any atom is -0.451 e. The van der Waals surface area contributed by atoms with Gasteiger partial charge in [-0.05, 0) is 29.9 Å². The van der Waals surface area contributed by atoms with E-state index in [1.807, 2.05) is 30.3 Å². The first-order chi connectivity index (χ1) is 14.2. The number of hydrogen-bond acceptors (Lipinski definition) is 6. The van der Waals surface area contributed by atoms with E-state index in [-0.39, 0.29) is 28.8 Å². The summed E-state index contributed by atoms with van der Waals surface area (Å²) in [6.07, 6.45) is -1.01. The third-order valence-electron chi connectivity index (χ3n) is 4.27. The Kier molecular flexibility index (Phi) is 8.11. The van der Waals surface area contributed by atoms with Gasteiger partial charge >= 0.3 is 5.97 Å². The van der Waals surface area contributed by atoms with Gasteiger partial charge in [0, 0.05) is 0 Å². The van der Waals surface area contributed by atoms with Crippen molar-refractivity contribution in [3.8, 4) is 0 Å². The molecule has 0 radical (unpaired) electrons. The van der Waals surface area contributed by atoms with Crippen LogP contribution in [0.25, 0.3) is 0 Å². The normalized spacial score (nSPS) is 12.7. The van der Waals surface area contributed by atoms with Crippen LogP contribution in [0.5, 0.6) is 0 Å².